The molecule has 1 aliphatic heterocycles. The summed E-state index contributed by atoms with van der Waals surface area (Å²) < 4.78 is 5.43. The lowest BCUT2D eigenvalue weighted by Gasteiger charge is -2.39. The van der Waals surface area contributed by atoms with E-state index in [1.165, 1.54) is 0 Å². The Hall–Kier alpha value is -0.730. The SMILES string of the molecule is CCC(C)NC(N)=NCC1(C)CCN(C(=O)OC(C)(C)C)CC1.I. The molecular weight excluding hydrogens is 419 g/mol. The molecule has 142 valence electrons. The summed E-state index contributed by atoms with van der Waals surface area (Å²) in [6.07, 6.45) is 2.61. The number of likely N-dealkylation sites (tertiary alicyclic amines) is 1. The Morgan fingerprint density at radius 3 is 2.38 bits per heavy atom. The van der Waals surface area contributed by atoms with Gasteiger partial charge in [-0.3, -0.25) is 4.99 Å². The van der Waals surface area contributed by atoms with Gasteiger partial charge < -0.3 is 20.7 Å². The molecule has 1 aliphatic rings. The molecule has 0 aliphatic carbocycles. The number of carbonyl (C=O) groups excluding carboxylic acids is 1. The first-order chi connectivity index (χ1) is 10.5. The highest BCUT2D eigenvalue weighted by atomic mass is 127. The van der Waals surface area contributed by atoms with Gasteiger partial charge in [0.05, 0.1) is 0 Å². The molecule has 0 aromatic rings. The highest BCUT2D eigenvalue weighted by molar-refractivity contribution is 14.0. The van der Waals surface area contributed by atoms with Crippen molar-refractivity contribution in [3.8, 4) is 0 Å². The van der Waals surface area contributed by atoms with Crippen molar-refractivity contribution in [3.63, 3.8) is 0 Å². The van der Waals surface area contributed by atoms with Crippen LogP contribution >= 0.6 is 24.0 Å². The second kappa shape index (κ2) is 9.68. The average Bonchev–Trinajstić information content (AvgIpc) is 2.44. The van der Waals surface area contributed by atoms with E-state index in [2.05, 4.69) is 31.1 Å². The molecule has 1 rings (SSSR count). The third kappa shape index (κ3) is 8.39. The molecule has 6 nitrogen and oxygen atoms in total. The first-order valence-corrected chi connectivity index (χ1v) is 8.59. The fraction of sp³-hybridized carbons (Fsp3) is 0.882. The van der Waals surface area contributed by atoms with Gasteiger partial charge in [0.15, 0.2) is 5.96 Å². The van der Waals surface area contributed by atoms with Gasteiger partial charge in [-0.1, -0.05) is 13.8 Å². The molecule has 7 heteroatoms. The van der Waals surface area contributed by atoms with Gasteiger partial charge in [0.1, 0.15) is 5.60 Å². The van der Waals surface area contributed by atoms with Gasteiger partial charge in [0.2, 0.25) is 0 Å². The third-order valence-corrected chi connectivity index (χ3v) is 4.26. The molecular formula is C17H35IN4O2. The zero-order valence-corrected chi connectivity index (χ0v) is 18.3. The van der Waals surface area contributed by atoms with E-state index in [0.29, 0.717) is 31.6 Å². The van der Waals surface area contributed by atoms with E-state index < -0.39 is 5.60 Å². The number of piperidine rings is 1. The number of aliphatic imine (C=N–C) groups is 1. The Morgan fingerprint density at radius 1 is 1.38 bits per heavy atom. The molecule has 0 saturated carbocycles. The number of guanidine groups is 1. The van der Waals surface area contributed by atoms with E-state index in [4.69, 9.17) is 10.5 Å². The van der Waals surface area contributed by atoms with Crippen molar-refractivity contribution in [2.45, 2.75) is 72.4 Å². The minimum atomic E-state index is -0.446. The van der Waals surface area contributed by atoms with Crippen LogP contribution in [-0.2, 0) is 4.74 Å². The highest BCUT2D eigenvalue weighted by Crippen LogP contribution is 2.31. The molecule has 1 heterocycles. The fourth-order valence-corrected chi connectivity index (χ4v) is 2.39. The van der Waals surface area contributed by atoms with Crippen LogP contribution in [-0.4, -0.2) is 48.2 Å². The number of hydrogen-bond acceptors (Lipinski definition) is 3. The molecule has 0 spiro atoms. The molecule has 1 saturated heterocycles. The quantitative estimate of drug-likeness (QED) is 0.388. The Bertz CT molecular complexity index is 427. The van der Waals surface area contributed by atoms with Crippen molar-refractivity contribution >= 4 is 36.0 Å². The Kier molecular flexibility index (Phi) is 9.38. The maximum atomic E-state index is 12.1. The zero-order valence-electron chi connectivity index (χ0n) is 16.0. The predicted octanol–water partition coefficient (Wildman–Crippen LogP) is 3.34. The van der Waals surface area contributed by atoms with Crippen LogP contribution in [0.5, 0.6) is 0 Å². The number of ether oxygens (including phenoxy) is 1. The standard InChI is InChI=1S/C17H34N4O2.HI/c1-7-13(2)20-14(18)19-12-17(6)8-10-21(11-9-17)15(22)23-16(3,4)5;/h13H,7-12H2,1-6H3,(H3,18,19,20);1H. The second-order valence-corrected chi connectivity index (χ2v) is 7.93. The molecule has 1 fully saturated rings. The lowest BCUT2D eigenvalue weighted by molar-refractivity contribution is 0.0127. The van der Waals surface area contributed by atoms with Crippen molar-refractivity contribution in [1.29, 1.82) is 0 Å². The van der Waals surface area contributed by atoms with Crippen LogP contribution in [0.15, 0.2) is 4.99 Å². The molecule has 3 N–H and O–H groups in total. The van der Waals surface area contributed by atoms with Crippen molar-refractivity contribution < 1.29 is 9.53 Å². The summed E-state index contributed by atoms with van der Waals surface area (Å²) in [5, 5.41) is 3.18. The van der Waals surface area contributed by atoms with E-state index in [9.17, 15) is 4.79 Å². The van der Waals surface area contributed by atoms with Crippen LogP contribution in [0, 0.1) is 5.41 Å². The maximum Gasteiger partial charge on any atom is 0.410 e. The minimum Gasteiger partial charge on any atom is -0.444 e. The van der Waals surface area contributed by atoms with E-state index >= 15 is 0 Å². The van der Waals surface area contributed by atoms with Gasteiger partial charge in [0.25, 0.3) is 0 Å². The summed E-state index contributed by atoms with van der Waals surface area (Å²) >= 11 is 0. The molecule has 1 unspecified atom stereocenters. The summed E-state index contributed by atoms with van der Waals surface area (Å²) in [5.74, 6) is 0.509. The monoisotopic (exact) mass is 454 g/mol. The van der Waals surface area contributed by atoms with Crippen molar-refractivity contribution in [2.75, 3.05) is 19.6 Å². The van der Waals surface area contributed by atoms with Crippen molar-refractivity contribution in [2.24, 2.45) is 16.1 Å². The van der Waals surface area contributed by atoms with Crippen LogP contribution in [0.3, 0.4) is 0 Å². The second-order valence-electron chi connectivity index (χ2n) is 7.93. The highest BCUT2D eigenvalue weighted by Gasteiger charge is 2.33. The average molecular weight is 454 g/mol. The summed E-state index contributed by atoms with van der Waals surface area (Å²) in [6.45, 7) is 14.2. The number of rotatable bonds is 4. The number of hydrogen-bond donors (Lipinski definition) is 2. The molecule has 24 heavy (non-hydrogen) atoms. The van der Waals surface area contributed by atoms with Crippen LogP contribution in [0.2, 0.25) is 0 Å². The zero-order chi connectivity index (χ0) is 17.7. The van der Waals surface area contributed by atoms with Gasteiger partial charge in [-0.15, -0.1) is 24.0 Å². The Balaban J connectivity index is 0.00000529. The molecule has 1 amide bonds. The van der Waals surface area contributed by atoms with E-state index in [0.717, 1.165) is 19.3 Å². The lowest BCUT2D eigenvalue weighted by Crippen LogP contribution is -2.45. The largest absolute Gasteiger partial charge is 0.444 e. The summed E-state index contributed by atoms with van der Waals surface area (Å²) in [4.78, 5) is 18.4. The molecule has 0 radical (unpaired) electrons. The number of nitrogens with one attached hydrogen (secondary N) is 1. The molecule has 0 aromatic carbocycles. The first kappa shape index (κ1) is 23.3. The third-order valence-electron chi connectivity index (χ3n) is 4.26. The summed E-state index contributed by atoms with van der Waals surface area (Å²) in [6, 6.07) is 0.334. The van der Waals surface area contributed by atoms with E-state index in [1.807, 2.05) is 20.8 Å². The minimum absolute atomic E-state index is 0. The fourth-order valence-electron chi connectivity index (χ4n) is 2.39. The topological polar surface area (TPSA) is 80.0 Å². The lowest BCUT2D eigenvalue weighted by atomic mass is 9.80. The first-order valence-electron chi connectivity index (χ1n) is 8.59. The van der Waals surface area contributed by atoms with Crippen LogP contribution in [0.1, 0.15) is 60.8 Å². The Morgan fingerprint density at radius 2 is 1.92 bits per heavy atom. The number of carbonyl (C=O) groups is 1. The van der Waals surface area contributed by atoms with Crippen LogP contribution < -0.4 is 11.1 Å². The van der Waals surface area contributed by atoms with Crippen molar-refractivity contribution in [3.05, 3.63) is 0 Å². The predicted molar refractivity (Wildman–Crippen MR) is 110 cm³/mol. The normalized spacial score (nSPS) is 19.2. The van der Waals surface area contributed by atoms with Gasteiger partial charge >= 0.3 is 6.09 Å². The number of amides is 1. The van der Waals surface area contributed by atoms with Crippen LogP contribution in [0.25, 0.3) is 0 Å². The van der Waals surface area contributed by atoms with Gasteiger partial charge in [0, 0.05) is 25.7 Å². The van der Waals surface area contributed by atoms with E-state index in [-0.39, 0.29) is 35.5 Å². The number of nitrogens with two attached hydrogens (primary N) is 1. The number of nitrogens with zero attached hydrogens (tertiary/aromatic N) is 2. The maximum absolute atomic E-state index is 12.1. The van der Waals surface area contributed by atoms with Gasteiger partial charge in [-0.25, -0.2) is 4.79 Å². The van der Waals surface area contributed by atoms with Gasteiger partial charge in [-0.2, -0.15) is 0 Å². The summed E-state index contributed by atoms with van der Waals surface area (Å²) in [5.41, 5.74) is 5.56. The Labute approximate surface area is 164 Å². The smallest absolute Gasteiger partial charge is 0.410 e. The molecule has 0 bridgehead atoms. The summed E-state index contributed by atoms with van der Waals surface area (Å²) in [7, 11) is 0. The van der Waals surface area contributed by atoms with E-state index in [1.54, 1.807) is 4.90 Å². The van der Waals surface area contributed by atoms with Gasteiger partial charge in [-0.05, 0) is 52.4 Å². The number of halogens is 1. The molecule has 0 aromatic heterocycles. The molecule has 1 atom stereocenters. The van der Waals surface area contributed by atoms with Crippen molar-refractivity contribution in [1.82, 2.24) is 10.2 Å². The van der Waals surface area contributed by atoms with Crippen LogP contribution in [0.4, 0.5) is 4.79 Å².